The van der Waals surface area contributed by atoms with Crippen LogP contribution in [0.3, 0.4) is 0 Å². The molecule has 0 unspecified atom stereocenters. The molecule has 1 aromatic rings. The van der Waals surface area contributed by atoms with Gasteiger partial charge in [0, 0.05) is 13.2 Å². The first-order valence-electron chi connectivity index (χ1n) is 8.84. The molecule has 0 radical (unpaired) electrons. The highest BCUT2D eigenvalue weighted by atomic mass is 16.5. The molecule has 3 N–H and O–H groups in total. The molecular weight excluding hydrogens is 370 g/mol. The van der Waals surface area contributed by atoms with Crippen LogP contribution in [0.15, 0.2) is 23.3 Å². The number of nitrogens with one attached hydrogen (secondary N) is 2. The van der Waals surface area contributed by atoms with Crippen molar-refractivity contribution in [3.05, 3.63) is 23.8 Å². The van der Waals surface area contributed by atoms with Gasteiger partial charge in [0.2, 0.25) is 0 Å². The summed E-state index contributed by atoms with van der Waals surface area (Å²) in [4.78, 5) is 34.1. The van der Waals surface area contributed by atoms with Crippen molar-refractivity contribution in [3.8, 4) is 11.5 Å². The van der Waals surface area contributed by atoms with Crippen molar-refractivity contribution in [1.82, 2.24) is 10.7 Å². The van der Waals surface area contributed by atoms with Crippen LogP contribution in [0.25, 0.3) is 0 Å². The van der Waals surface area contributed by atoms with Crippen LogP contribution in [0.2, 0.25) is 0 Å². The Bertz CT molecular complexity index is 730. The van der Waals surface area contributed by atoms with E-state index in [0.717, 1.165) is 12.8 Å². The SMILES string of the molecule is CCOc1cc(/C=N\NC(=O)C(=O)NC[C@@H]2CCCO2)ccc1OCC(=O)O. The van der Waals surface area contributed by atoms with Crippen LogP contribution in [0.5, 0.6) is 11.5 Å². The molecule has 2 rings (SSSR count). The van der Waals surface area contributed by atoms with E-state index in [9.17, 15) is 14.4 Å². The number of nitrogens with zero attached hydrogens (tertiary/aromatic N) is 1. The number of carbonyl (C=O) groups excluding carboxylic acids is 2. The van der Waals surface area contributed by atoms with Gasteiger partial charge >= 0.3 is 17.8 Å². The molecule has 28 heavy (non-hydrogen) atoms. The highest BCUT2D eigenvalue weighted by Gasteiger charge is 2.19. The Labute approximate surface area is 161 Å². The first-order valence-corrected chi connectivity index (χ1v) is 8.84. The Morgan fingerprint density at radius 3 is 2.79 bits per heavy atom. The summed E-state index contributed by atoms with van der Waals surface area (Å²) in [5, 5.41) is 14.9. The van der Waals surface area contributed by atoms with Crippen LogP contribution in [-0.4, -0.2) is 61.6 Å². The summed E-state index contributed by atoms with van der Waals surface area (Å²) in [6.07, 6.45) is 3.07. The molecule has 1 aromatic carbocycles. The fraction of sp³-hybridized carbons (Fsp3) is 0.444. The quantitative estimate of drug-likeness (QED) is 0.312. The highest BCUT2D eigenvalue weighted by Crippen LogP contribution is 2.28. The molecule has 1 heterocycles. The van der Waals surface area contributed by atoms with E-state index < -0.39 is 24.4 Å². The molecule has 0 spiro atoms. The van der Waals surface area contributed by atoms with Crippen LogP contribution >= 0.6 is 0 Å². The molecular formula is C18H23N3O7. The number of rotatable bonds is 9. The normalized spacial score (nSPS) is 16.0. The molecule has 1 saturated heterocycles. The molecule has 2 amide bonds. The van der Waals surface area contributed by atoms with Crippen molar-refractivity contribution < 1.29 is 33.7 Å². The number of carbonyl (C=O) groups is 3. The molecule has 152 valence electrons. The summed E-state index contributed by atoms with van der Waals surface area (Å²) in [5.41, 5.74) is 2.70. The van der Waals surface area contributed by atoms with Crippen LogP contribution in [0.1, 0.15) is 25.3 Å². The fourth-order valence-electron chi connectivity index (χ4n) is 2.44. The maximum atomic E-state index is 11.7. The van der Waals surface area contributed by atoms with E-state index in [0.29, 0.717) is 24.5 Å². The lowest BCUT2D eigenvalue weighted by Crippen LogP contribution is -2.41. The molecule has 0 aromatic heterocycles. The van der Waals surface area contributed by atoms with E-state index in [1.54, 1.807) is 19.1 Å². The van der Waals surface area contributed by atoms with Gasteiger partial charge in [-0.15, -0.1) is 0 Å². The van der Waals surface area contributed by atoms with Crippen molar-refractivity contribution in [2.45, 2.75) is 25.9 Å². The summed E-state index contributed by atoms with van der Waals surface area (Å²) >= 11 is 0. The summed E-state index contributed by atoms with van der Waals surface area (Å²) in [5.74, 6) is -2.17. The van der Waals surface area contributed by atoms with Crippen molar-refractivity contribution in [3.63, 3.8) is 0 Å². The number of benzene rings is 1. The first-order chi connectivity index (χ1) is 13.5. The zero-order valence-electron chi connectivity index (χ0n) is 15.5. The van der Waals surface area contributed by atoms with Crippen molar-refractivity contribution in [2.24, 2.45) is 5.10 Å². The van der Waals surface area contributed by atoms with Gasteiger partial charge in [-0.1, -0.05) is 0 Å². The first kappa shape index (κ1) is 21.2. The zero-order valence-corrected chi connectivity index (χ0v) is 15.5. The minimum atomic E-state index is -1.10. The number of hydrazone groups is 1. The Balaban J connectivity index is 1.87. The van der Waals surface area contributed by atoms with Gasteiger partial charge in [-0.05, 0) is 43.5 Å². The molecule has 1 atom stereocenters. The lowest BCUT2D eigenvalue weighted by molar-refractivity contribution is -0.139. The maximum absolute atomic E-state index is 11.7. The molecule has 10 nitrogen and oxygen atoms in total. The smallest absolute Gasteiger partial charge is 0.341 e. The predicted molar refractivity (Wildman–Crippen MR) is 98.5 cm³/mol. The summed E-state index contributed by atoms with van der Waals surface area (Å²) in [6.45, 7) is 2.58. The molecule has 1 aliphatic rings. The molecule has 0 saturated carbocycles. The monoisotopic (exact) mass is 393 g/mol. The molecule has 0 aliphatic carbocycles. The molecule has 1 fully saturated rings. The minimum absolute atomic E-state index is 0.0564. The van der Waals surface area contributed by atoms with E-state index in [1.807, 2.05) is 0 Å². The standard InChI is InChI=1S/C18H23N3O7/c1-2-26-15-8-12(5-6-14(15)28-11-16(22)23)9-20-21-18(25)17(24)19-10-13-4-3-7-27-13/h5-6,8-9,13H,2-4,7,10-11H2,1H3,(H,19,24)(H,21,25)(H,22,23)/b20-9-/t13-/m0/s1. The third-order valence-corrected chi connectivity index (χ3v) is 3.72. The van der Waals surface area contributed by atoms with Crippen LogP contribution in [0.4, 0.5) is 0 Å². The fourth-order valence-corrected chi connectivity index (χ4v) is 2.44. The van der Waals surface area contributed by atoms with E-state index in [-0.39, 0.29) is 18.4 Å². The second-order valence-corrected chi connectivity index (χ2v) is 5.87. The number of hydrogen-bond acceptors (Lipinski definition) is 7. The Morgan fingerprint density at radius 1 is 1.29 bits per heavy atom. The number of carboxylic acid groups (broad SMARTS) is 1. The molecule has 1 aliphatic heterocycles. The predicted octanol–water partition coefficient (Wildman–Crippen LogP) is 0.294. The maximum Gasteiger partial charge on any atom is 0.341 e. The van der Waals surface area contributed by atoms with Gasteiger partial charge < -0.3 is 24.6 Å². The Morgan fingerprint density at radius 2 is 2.11 bits per heavy atom. The number of carboxylic acids is 1. The summed E-state index contributed by atoms with van der Waals surface area (Å²) in [6, 6.07) is 4.71. The zero-order chi connectivity index (χ0) is 20.4. The van der Waals surface area contributed by atoms with Crippen molar-refractivity contribution in [1.29, 1.82) is 0 Å². The van der Waals surface area contributed by atoms with Crippen LogP contribution in [0, 0.1) is 0 Å². The second kappa shape index (κ2) is 10.9. The van der Waals surface area contributed by atoms with Crippen molar-refractivity contribution >= 4 is 24.0 Å². The average molecular weight is 393 g/mol. The van der Waals surface area contributed by atoms with Crippen LogP contribution in [-0.2, 0) is 19.1 Å². The highest BCUT2D eigenvalue weighted by molar-refractivity contribution is 6.35. The van der Waals surface area contributed by atoms with E-state index in [2.05, 4.69) is 15.8 Å². The van der Waals surface area contributed by atoms with Gasteiger partial charge in [0.15, 0.2) is 18.1 Å². The third kappa shape index (κ3) is 6.88. The number of hydrogen-bond donors (Lipinski definition) is 3. The van der Waals surface area contributed by atoms with Gasteiger partial charge in [0.1, 0.15) is 0 Å². The van der Waals surface area contributed by atoms with E-state index in [1.165, 1.54) is 12.3 Å². The molecule has 10 heteroatoms. The van der Waals surface area contributed by atoms with Gasteiger partial charge in [-0.25, -0.2) is 10.2 Å². The third-order valence-electron chi connectivity index (χ3n) is 3.72. The van der Waals surface area contributed by atoms with Gasteiger partial charge in [-0.3, -0.25) is 9.59 Å². The lowest BCUT2D eigenvalue weighted by atomic mass is 10.2. The minimum Gasteiger partial charge on any atom is -0.490 e. The molecule has 0 bridgehead atoms. The van der Waals surface area contributed by atoms with Gasteiger partial charge in [-0.2, -0.15) is 5.10 Å². The Kier molecular flexibility index (Phi) is 8.22. The van der Waals surface area contributed by atoms with Gasteiger partial charge in [0.25, 0.3) is 0 Å². The average Bonchev–Trinajstić information content (AvgIpc) is 3.19. The largest absolute Gasteiger partial charge is 0.490 e. The van der Waals surface area contributed by atoms with E-state index in [4.69, 9.17) is 19.3 Å². The van der Waals surface area contributed by atoms with Crippen molar-refractivity contribution in [2.75, 3.05) is 26.4 Å². The topological polar surface area (TPSA) is 136 Å². The number of aliphatic carboxylic acids is 1. The van der Waals surface area contributed by atoms with Crippen LogP contribution < -0.4 is 20.2 Å². The lowest BCUT2D eigenvalue weighted by Gasteiger charge is -2.11. The number of amides is 2. The summed E-state index contributed by atoms with van der Waals surface area (Å²) < 4.78 is 15.9. The Hall–Kier alpha value is -3.14. The second-order valence-electron chi connectivity index (χ2n) is 5.87. The van der Waals surface area contributed by atoms with Gasteiger partial charge in [0.05, 0.1) is 18.9 Å². The number of ether oxygens (including phenoxy) is 3. The van der Waals surface area contributed by atoms with E-state index >= 15 is 0 Å². The summed E-state index contributed by atoms with van der Waals surface area (Å²) in [7, 11) is 0.